The lowest BCUT2D eigenvalue weighted by Crippen LogP contribution is -2.31. The molecule has 0 radical (unpaired) electrons. The van der Waals surface area contributed by atoms with Crippen molar-refractivity contribution in [1.82, 2.24) is 5.32 Å². The summed E-state index contributed by atoms with van der Waals surface area (Å²) in [5, 5.41) is 2.98. The second kappa shape index (κ2) is 5.71. The first-order valence-electron chi connectivity index (χ1n) is 6.12. The van der Waals surface area contributed by atoms with Crippen molar-refractivity contribution >= 4 is 21.8 Å². The molecule has 17 heavy (non-hydrogen) atoms. The zero-order chi connectivity index (χ0) is 12.3. The van der Waals surface area contributed by atoms with Crippen LogP contribution in [0.5, 0.6) is 0 Å². The van der Waals surface area contributed by atoms with Gasteiger partial charge >= 0.3 is 0 Å². The van der Waals surface area contributed by atoms with Crippen LogP contribution < -0.4 is 5.32 Å². The number of nitrogens with one attached hydrogen (secondary N) is 1. The predicted molar refractivity (Wildman–Crippen MR) is 70.5 cm³/mol. The molecule has 1 aliphatic rings. The molecule has 0 unspecified atom stereocenters. The van der Waals surface area contributed by atoms with Gasteiger partial charge in [0.05, 0.1) is 5.56 Å². The molecular formula is C13H18BrNO2. The largest absolute Gasteiger partial charge is 0.469 e. The fraction of sp³-hybridized carbons (Fsp3) is 0.615. The molecule has 1 heterocycles. The molecule has 4 heteroatoms. The SMILES string of the molecule is Cc1cc(C(=O)NCC2CCC(Br)CC2)co1. The van der Waals surface area contributed by atoms with Crippen molar-refractivity contribution < 1.29 is 9.21 Å². The molecule has 1 aliphatic carbocycles. The van der Waals surface area contributed by atoms with Crippen LogP contribution in [0, 0.1) is 12.8 Å². The van der Waals surface area contributed by atoms with E-state index in [0.29, 0.717) is 16.3 Å². The van der Waals surface area contributed by atoms with E-state index in [1.165, 1.54) is 31.9 Å². The minimum atomic E-state index is -0.0252. The summed E-state index contributed by atoms with van der Waals surface area (Å²) in [5.41, 5.74) is 0.622. The minimum absolute atomic E-state index is 0.0252. The van der Waals surface area contributed by atoms with Gasteiger partial charge in [0, 0.05) is 11.4 Å². The molecule has 0 atom stereocenters. The highest BCUT2D eigenvalue weighted by molar-refractivity contribution is 9.09. The number of halogens is 1. The summed E-state index contributed by atoms with van der Waals surface area (Å²) in [6, 6.07) is 1.77. The Labute approximate surface area is 110 Å². The van der Waals surface area contributed by atoms with Crippen molar-refractivity contribution in [1.29, 1.82) is 0 Å². The number of amides is 1. The van der Waals surface area contributed by atoms with Crippen LogP contribution in [0.15, 0.2) is 16.7 Å². The highest BCUT2D eigenvalue weighted by atomic mass is 79.9. The maximum atomic E-state index is 11.8. The zero-order valence-corrected chi connectivity index (χ0v) is 11.6. The van der Waals surface area contributed by atoms with Crippen molar-refractivity contribution in [3.05, 3.63) is 23.7 Å². The molecular weight excluding hydrogens is 282 g/mol. The third kappa shape index (κ3) is 3.60. The standard InChI is InChI=1S/C13H18BrNO2/c1-9-6-11(8-17-9)13(16)15-7-10-2-4-12(14)5-3-10/h6,8,10,12H,2-5,7H2,1H3,(H,15,16). The Bertz CT molecular complexity index is 381. The van der Waals surface area contributed by atoms with E-state index in [9.17, 15) is 4.79 Å². The van der Waals surface area contributed by atoms with Gasteiger partial charge in [0.1, 0.15) is 12.0 Å². The van der Waals surface area contributed by atoms with Gasteiger partial charge in [0.25, 0.3) is 5.91 Å². The van der Waals surface area contributed by atoms with Crippen LogP contribution in [0.1, 0.15) is 41.8 Å². The fourth-order valence-electron chi connectivity index (χ4n) is 2.23. The first-order valence-corrected chi connectivity index (χ1v) is 7.04. The monoisotopic (exact) mass is 299 g/mol. The molecule has 1 saturated carbocycles. The molecule has 0 saturated heterocycles. The maximum absolute atomic E-state index is 11.8. The zero-order valence-electron chi connectivity index (χ0n) is 10.0. The molecule has 0 spiro atoms. The molecule has 0 aliphatic heterocycles. The fourth-order valence-corrected chi connectivity index (χ4v) is 2.76. The number of hydrogen-bond donors (Lipinski definition) is 1. The Kier molecular flexibility index (Phi) is 4.26. The van der Waals surface area contributed by atoms with Gasteiger partial charge in [-0.15, -0.1) is 0 Å². The molecule has 1 aromatic rings. The van der Waals surface area contributed by atoms with E-state index in [4.69, 9.17) is 4.42 Å². The van der Waals surface area contributed by atoms with Crippen LogP contribution in [0.3, 0.4) is 0 Å². The molecule has 1 fully saturated rings. The molecule has 1 amide bonds. The Morgan fingerprint density at radius 1 is 1.47 bits per heavy atom. The summed E-state index contributed by atoms with van der Waals surface area (Å²) in [7, 11) is 0. The Morgan fingerprint density at radius 2 is 2.18 bits per heavy atom. The van der Waals surface area contributed by atoms with E-state index in [0.717, 1.165) is 12.3 Å². The third-order valence-corrected chi connectivity index (χ3v) is 4.24. The summed E-state index contributed by atoms with van der Waals surface area (Å²) in [6.45, 7) is 2.62. The maximum Gasteiger partial charge on any atom is 0.254 e. The van der Waals surface area contributed by atoms with Crippen molar-refractivity contribution in [2.75, 3.05) is 6.54 Å². The highest BCUT2D eigenvalue weighted by Crippen LogP contribution is 2.28. The summed E-state index contributed by atoms with van der Waals surface area (Å²) < 4.78 is 5.12. The van der Waals surface area contributed by atoms with E-state index < -0.39 is 0 Å². The minimum Gasteiger partial charge on any atom is -0.469 e. The van der Waals surface area contributed by atoms with Crippen LogP contribution in [-0.4, -0.2) is 17.3 Å². The quantitative estimate of drug-likeness (QED) is 0.871. The van der Waals surface area contributed by atoms with Crippen LogP contribution in [0.4, 0.5) is 0 Å². The molecule has 0 bridgehead atoms. The lowest BCUT2D eigenvalue weighted by Gasteiger charge is -2.25. The van der Waals surface area contributed by atoms with E-state index in [1.54, 1.807) is 6.07 Å². The number of carbonyl (C=O) groups excluding carboxylic acids is 1. The van der Waals surface area contributed by atoms with Gasteiger partial charge in [0.2, 0.25) is 0 Å². The van der Waals surface area contributed by atoms with Crippen molar-refractivity contribution in [3.8, 4) is 0 Å². The topological polar surface area (TPSA) is 42.2 Å². The average molecular weight is 300 g/mol. The Morgan fingerprint density at radius 3 is 2.76 bits per heavy atom. The molecule has 0 aromatic carbocycles. The van der Waals surface area contributed by atoms with Crippen LogP contribution in [0.25, 0.3) is 0 Å². The lowest BCUT2D eigenvalue weighted by molar-refractivity contribution is 0.0943. The van der Waals surface area contributed by atoms with Crippen molar-refractivity contribution in [2.24, 2.45) is 5.92 Å². The second-order valence-corrected chi connectivity index (χ2v) is 6.07. The number of alkyl halides is 1. The van der Waals surface area contributed by atoms with Gasteiger partial charge in [0.15, 0.2) is 0 Å². The third-order valence-electron chi connectivity index (χ3n) is 3.32. The molecule has 94 valence electrons. The van der Waals surface area contributed by atoms with Gasteiger partial charge in [-0.1, -0.05) is 15.9 Å². The summed E-state index contributed by atoms with van der Waals surface area (Å²) in [4.78, 5) is 12.5. The van der Waals surface area contributed by atoms with Crippen LogP contribution in [0.2, 0.25) is 0 Å². The van der Waals surface area contributed by atoms with Gasteiger partial charge < -0.3 is 9.73 Å². The van der Waals surface area contributed by atoms with Gasteiger partial charge in [-0.2, -0.15) is 0 Å². The summed E-state index contributed by atoms with van der Waals surface area (Å²) >= 11 is 3.64. The molecule has 1 N–H and O–H groups in total. The molecule has 2 rings (SSSR count). The first-order chi connectivity index (χ1) is 8.15. The van der Waals surface area contributed by atoms with E-state index in [2.05, 4.69) is 21.2 Å². The number of carbonyl (C=O) groups is 1. The van der Waals surface area contributed by atoms with Gasteiger partial charge in [-0.05, 0) is 44.6 Å². The Balaban J connectivity index is 1.76. The average Bonchev–Trinajstić information content (AvgIpc) is 2.75. The lowest BCUT2D eigenvalue weighted by atomic mass is 9.89. The van der Waals surface area contributed by atoms with Gasteiger partial charge in [-0.3, -0.25) is 4.79 Å². The highest BCUT2D eigenvalue weighted by Gasteiger charge is 2.20. The molecule has 3 nitrogen and oxygen atoms in total. The summed E-state index contributed by atoms with van der Waals surface area (Å²) in [5.74, 6) is 1.37. The smallest absolute Gasteiger partial charge is 0.254 e. The van der Waals surface area contributed by atoms with Crippen molar-refractivity contribution in [2.45, 2.75) is 37.4 Å². The summed E-state index contributed by atoms with van der Waals surface area (Å²) in [6.07, 6.45) is 6.33. The number of hydrogen-bond acceptors (Lipinski definition) is 2. The van der Waals surface area contributed by atoms with Gasteiger partial charge in [-0.25, -0.2) is 0 Å². The van der Waals surface area contributed by atoms with Crippen LogP contribution in [-0.2, 0) is 0 Å². The number of rotatable bonds is 3. The van der Waals surface area contributed by atoms with E-state index in [-0.39, 0.29) is 5.91 Å². The normalized spacial score (nSPS) is 24.6. The second-order valence-electron chi connectivity index (χ2n) is 4.77. The predicted octanol–water partition coefficient (Wildman–Crippen LogP) is 3.27. The van der Waals surface area contributed by atoms with Crippen molar-refractivity contribution in [3.63, 3.8) is 0 Å². The first kappa shape index (κ1) is 12.7. The number of furan rings is 1. The number of aryl methyl sites for hydroxylation is 1. The molecule has 1 aromatic heterocycles. The van der Waals surface area contributed by atoms with Crippen LogP contribution >= 0.6 is 15.9 Å². The van der Waals surface area contributed by atoms with E-state index in [1.807, 2.05) is 6.92 Å². The van der Waals surface area contributed by atoms with E-state index >= 15 is 0 Å². The Hall–Kier alpha value is -0.770.